The molecule has 0 spiro atoms. The Kier molecular flexibility index (Phi) is 5.15. The predicted octanol–water partition coefficient (Wildman–Crippen LogP) is 1.87. The SMILES string of the molecule is NCCCC(=O)OCc1cccc(N=O)c1. The van der Waals surface area contributed by atoms with Gasteiger partial charge in [0, 0.05) is 6.42 Å². The Morgan fingerprint density at radius 3 is 2.94 bits per heavy atom. The topological polar surface area (TPSA) is 81.8 Å². The third kappa shape index (κ3) is 4.18. The lowest BCUT2D eigenvalue weighted by molar-refractivity contribution is -0.145. The highest BCUT2D eigenvalue weighted by atomic mass is 16.5. The summed E-state index contributed by atoms with van der Waals surface area (Å²) in [4.78, 5) is 21.4. The van der Waals surface area contributed by atoms with Crippen LogP contribution in [-0.4, -0.2) is 12.5 Å². The summed E-state index contributed by atoms with van der Waals surface area (Å²) >= 11 is 0. The maximum atomic E-state index is 11.2. The van der Waals surface area contributed by atoms with E-state index >= 15 is 0 Å². The van der Waals surface area contributed by atoms with Gasteiger partial charge < -0.3 is 10.5 Å². The standard InChI is InChI=1S/C11H14N2O3/c12-6-2-5-11(14)16-8-9-3-1-4-10(7-9)13-15/h1,3-4,7H,2,5-6,8,12H2. The average Bonchev–Trinajstić information content (AvgIpc) is 2.34. The fourth-order valence-electron chi connectivity index (χ4n) is 1.19. The van der Waals surface area contributed by atoms with Crippen LogP contribution in [0.2, 0.25) is 0 Å². The molecule has 5 heteroatoms. The molecule has 86 valence electrons. The van der Waals surface area contributed by atoms with Crippen molar-refractivity contribution < 1.29 is 9.53 Å². The summed E-state index contributed by atoms with van der Waals surface area (Å²) < 4.78 is 4.99. The Balaban J connectivity index is 2.41. The van der Waals surface area contributed by atoms with Crippen molar-refractivity contribution in [3.8, 4) is 0 Å². The number of nitroso groups, excluding NO2 is 1. The summed E-state index contributed by atoms with van der Waals surface area (Å²) in [6.45, 7) is 0.631. The Hall–Kier alpha value is -1.75. The number of hydrogen-bond donors (Lipinski definition) is 1. The molecule has 0 bridgehead atoms. The Bertz CT molecular complexity index is 366. The van der Waals surface area contributed by atoms with Crippen LogP contribution in [-0.2, 0) is 16.1 Å². The van der Waals surface area contributed by atoms with Crippen molar-refractivity contribution >= 4 is 11.7 Å². The van der Waals surface area contributed by atoms with Gasteiger partial charge in [0.25, 0.3) is 0 Å². The number of benzene rings is 1. The number of rotatable bonds is 6. The first-order valence-corrected chi connectivity index (χ1v) is 5.04. The van der Waals surface area contributed by atoms with Gasteiger partial charge in [-0.2, -0.15) is 0 Å². The highest BCUT2D eigenvalue weighted by molar-refractivity contribution is 5.69. The molecular formula is C11H14N2O3. The quantitative estimate of drug-likeness (QED) is 0.588. The smallest absolute Gasteiger partial charge is 0.306 e. The molecule has 2 N–H and O–H groups in total. The fraction of sp³-hybridized carbons (Fsp3) is 0.364. The Labute approximate surface area is 93.6 Å². The van der Waals surface area contributed by atoms with E-state index in [1.54, 1.807) is 24.3 Å². The van der Waals surface area contributed by atoms with Crippen molar-refractivity contribution in [3.05, 3.63) is 34.7 Å². The Morgan fingerprint density at radius 2 is 2.25 bits per heavy atom. The molecule has 0 unspecified atom stereocenters. The van der Waals surface area contributed by atoms with Crippen molar-refractivity contribution in [2.75, 3.05) is 6.54 Å². The monoisotopic (exact) mass is 222 g/mol. The summed E-state index contributed by atoms with van der Waals surface area (Å²) in [6, 6.07) is 6.64. The highest BCUT2D eigenvalue weighted by Crippen LogP contribution is 2.14. The molecule has 1 rings (SSSR count). The van der Waals surface area contributed by atoms with Crippen molar-refractivity contribution in [1.29, 1.82) is 0 Å². The van der Waals surface area contributed by atoms with E-state index in [0.717, 1.165) is 5.56 Å². The van der Waals surface area contributed by atoms with Gasteiger partial charge in [-0.25, -0.2) is 0 Å². The molecule has 1 aromatic rings. The molecule has 0 saturated carbocycles. The van der Waals surface area contributed by atoms with E-state index in [2.05, 4.69) is 5.18 Å². The largest absolute Gasteiger partial charge is 0.461 e. The summed E-state index contributed by atoms with van der Waals surface area (Å²) in [5.41, 5.74) is 6.34. The number of carbonyl (C=O) groups is 1. The number of hydrogen-bond acceptors (Lipinski definition) is 5. The molecule has 0 atom stereocenters. The first-order valence-electron chi connectivity index (χ1n) is 5.04. The molecule has 0 aliphatic rings. The second-order valence-electron chi connectivity index (χ2n) is 3.31. The lowest BCUT2D eigenvalue weighted by Gasteiger charge is -2.04. The molecule has 0 radical (unpaired) electrons. The second-order valence-corrected chi connectivity index (χ2v) is 3.31. The summed E-state index contributed by atoms with van der Waals surface area (Å²) in [6.07, 6.45) is 0.941. The van der Waals surface area contributed by atoms with Gasteiger partial charge in [0.1, 0.15) is 12.3 Å². The van der Waals surface area contributed by atoms with Crippen molar-refractivity contribution in [3.63, 3.8) is 0 Å². The van der Waals surface area contributed by atoms with Crippen LogP contribution in [0, 0.1) is 4.91 Å². The minimum atomic E-state index is -0.282. The fourth-order valence-corrected chi connectivity index (χ4v) is 1.19. The van der Waals surface area contributed by atoms with Gasteiger partial charge in [0.05, 0.1) is 0 Å². The van der Waals surface area contributed by atoms with Crippen molar-refractivity contribution in [1.82, 2.24) is 0 Å². The van der Waals surface area contributed by atoms with E-state index in [4.69, 9.17) is 10.5 Å². The van der Waals surface area contributed by atoms with Crippen LogP contribution in [0.4, 0.5) is 5.69 Å². The maximum absolute atomic E-state index is 11.2. The van der Waals surface area contributed by atoms with Gasteiger partial charge in [-0.15, -0.1) is 4.91 Å². The number of esters is 1. The summed E-state index contributed by atoms with van der Waals surface area (Å²) in [5.74, 6) is -0.282. The van der Waals surface area contributed by atoms with E-state index < -0.39 is 0 Å². The van der Waals surface area contributed by atoms with Crippen LogP contribution in [0.25, 0.3) is 0 Å². The lowest BCUT2D eigenvalue weighted by atomic mass is 10.2. The number of ether oxygens (including phenoxy) is 1. The van der Waals surface area contributed by atoms with Crippen LogP contribution < -0.4 is 5.73 Å². The van der Waals surface area contributed by atoms with Crippen LogP contribution in [0.5, 0.6) is 0 Å². The maximum Gasteiger partial charge on any atom is 0.306 e. The number of nitrogens with zero attached hydrogens (tertiary/aromatic N) is 1. The van der Waals surface area contributed by atoms with Gasteiger partial charge >= 0.3 is 5.97 Å². The first-order chi connectivity index (χ1) is 7.76. The molecule has 16 heavy (non-hydrogen) atoms. The van der Waals surface area contributed by atoms with E-state index in [1.165, 1.54) is 0 Å². The van der Waals surface area contributed by atoms with Gasteiger partial charge in [-0.1, -0.05) is 12.1 Å². The van der Waals surface area contributed by atoms with Gasteiger partial charge in [0.15, 0.2) is 0 Å². The van der Waals surface area contributed by atoms with E-state index in [9.17, 15) is 9.70 Å². The highest BCUT2D eigenvalue weighted by Gasteiger charge is 2.03. The van der Waals surface area contributed by atoms with Gasteiger partial charge in [0.2, 0.25) is 0 Å². The zero-order valence-electron chi connectivity index (χ0n) is 8.89. The second kappa shape index (κ2) is 6.68. The first kappa shape index (κ1) is 12.3. The van der Waals surface area contributed by atoms with Crippen LogP contribution in [0.3, 0.4) is 0 Å². The molecule has 0 heterocycles. The normalized spacial score (nSPS) is 9.81. The van der Waals surface area contributed by atoms with Crippen molar-refractivity contribution in [2.24, 2.45) is 10.9 Å². The van der Waals surface area contributed by atoms with E-state index in [0.29, 0.717) is 25.1 Å². The molecule has 0 saturated heterocycles. The zero-order valence-corrected chi connectivity index (χ0v) is 8.89. The molecular weight excluding hydrogens is 208 g/mol. The lowest BCUT2D eigenvalue weighted by Crippen LogP contribution is -2.07. The molecule has 0 aliphatic carbocycles. The van der Waals surface area contributed by atoms with Crippen LogP contribution >= 0.6 is 0 Å². The molecule has 1 aromatic carbocycles. The van der Waals surface area contributed by atoms with Crippen LogP contribution in [0.15, 0.2) is 29.4 Å². The predicted molar refractivity (Wildman–Crippen MR) is 60.0 cm³/mol. The van der Waals surface area contributed by atoms with Gasteiger partial charge in [-0.05, 0) is 35.8 Å². The van der Waals surface area contributed by atoms with E-state index in [1.807, 2.05) is 0 Å². The average molecular weight is 222 g/mol. The van der Waals surface area contributed by atoms with Gasteiger partial charge in [-0.3, -0.25) is 4.79 Å². The molecule has 0 fully saturated rings. The Morgan fingerprint density at radius 1 is 1.44 bits per heavy atom. The summed E-state index contributed by atoms with van der Waals surface area (Å²) in [7, 11) is 0. The molecule has 0 aromatic heterocycles. The minimum Gasteiger partial charge on any atom is -0.461 e. The third-order valence-corrected chi connectivity index (χ3v) is 2.00. The minimum absolute atomic E-state index is 0.159. The number of carbonyl (C=O) groups excluding carboxylic acids is 1. The molecule has 0 aliphatic heterocycles. The third-order valence-electron chi connectivity index (χ3n) is 2.00. The summed E-state index contributed by atoms with van der Waals surface area (Å²) in [5, 5.41) is 2.80. The zero-order chi connectivity index (χ0) is 11.8. The number of nitrogens with two attached hydrogens (primary N) is 1. The van der Waals surface area contributed by atoms with Crippen LogP contribution in [0.1, 0.15) is 18.4 Å². The van der Waals surface area contributed by atoms with Crippen molar-refractivity contribution in [2.45, 2.75) is 19.4 Å². The van der Waals surface area contributed by atoms with E-state index in [-0.39, 0.29) is 12.6 Å². The molecule has 0 amide bonds. The molecule has 5 nitrogen and oxygen atoms in total.